The molecule has 1 aliphatic rings. The molecule has 0 aliphatic carbocycles. The fourth-order valence-electron chi connectivity index (χ4n) is 2.67. The molecule has 150 valence electrons. The summed E-state index contributed by atoms with van der Waals surface area (Å²) in [6.07, 6.45) is 3.60. The van der Waals surface area contributed by atoms with Crippen molar-refractivity contribution < 1.29 is 24.6 Å². The van der Waals surface area contributed by atoms with Crippen LogP contribution in [-0.4, -0.2) is 48.3 Å². The first kappa shape index (κ1) is 20.6. The number of nitrogens with one attached hydrogen (secondary N) is 1. The number of hydrogen-bond acceptors (Lipinski definition) is 6. The van der Waals surface area contributed by atoms with Crippen molar-refractivity contribution in [3.8, 4) is 5.75 Å². The van der Waals surface area contributed by atoms with E-state index in [1.54, 1.807) is 6.08 Å². The van der Waals surface area contributed by atoms with Crippen molar-refractivity contribution in [3.05, 3.63) is 52.7 Å². The standard InChI is InChI=1S/C19H17N3O5S2/c1-21-7-2-3-12(21)10-15-17(25)22(19(28)29-15)8-6-16(24)20-11-4-5-14(23)13(9-11)18(26)27/h2-5,7,9-10,23H,6,8H2,1H3,(H,20,24)(H,26,27). The van der Waals surface area contributed by atoms with Crippen LogP contribution >= 0.6 is 24.0 Å². The number of carboxylic acids is 1. The molecule has 29 heavy (non-hydrogen) atoms. The fraction of sp³-hybridized carbons (Fsp3) is 0.158. The first-order valence-corrected chi connectivity index (χ1v) is 9.71. The third-order valence-corrected chi connectivity index (χ3v) is 5.59. The van der Waals surface area contributed by atoms with E-state index < -0.39 is 17.6 Å². The van der Waals surface area contributed by atoms with E-state index in [0.29, 0.717) is 9.23 Å². The predicted octanol–water partition coefficient (Wildman–Crippen LogP) is 2.66. The Bertz CT molecular complexity index is 1040. The summed E-state index contributed by atoms with van der Waals surface area (Å²) in [6.45, 7) is 0.102. The molecule has 2 aromatic rings. The minimum Gasteiger partial charge on any atom is -0.507 e. The highest BCUT2D eigenvalue weighted by atomic mass is 32.2. The van der Waals surface area contributed by atoms with Gasteiger partial charge in [0.15, 0.2) is 0 Å². The molecule has 0 unspecified atom stereocenters. The molecule has 10 heteroatoms. The van der Waals surface area contributed by atoms with Gasteiger partial charge < -0.3 is 20.1 Å². The van der Waals surface area contributed by atoms with Gasteiger partial charge in [-0.05, 0) is 36.4 Å². The lowest BCUT2D eigenvalue weighted by molar-refractivity contribution is -0.122. The van der Waals surface area contributed by atoms with Crippen LogP contribution in [0.1, 0.15) is 22.5 Å². The number of thiocarbonyl (C=S) groups is 1. The Balaban J connectivity index is 1.62. The summed E-state index contributed by atoms with van der Waals surface area (Å²) in [5.74, 6) is -2.36. The van der Waals surface area contributed by atoms with Gasteiger partial charge in [-0.15, -0.1) is 0 Å². The number of carbonyl (C=O) groups excluding carboxylic acids is 2. The van der Waals surface area contributed by atoms with Crippen molar-refractivity contribution in [2.24, 2.45) is 7.05 Å². The zero-order valence-corrected chi connectivity index (χ0v) is 16.9. The van der Waals surface area contributed by atoms with Crippen LogP contribution in [0.15, 0.2) is 41.4 Å². The number of nitrogens with zero attached hydrogens (tertiary/aromatic N) is 2. The predicted molar refractivity (Wildman–Crippen MR) is 114 cm³/mol. The van der Waals surface area contributed by atoms with Gasteiger partial charge in [-0.25, -0.2) is 4.79 Å². The Morgan fingerprint density at radius 2 is 2.07 bits per heavy atom. The number of amides is 2. The lowest BCUT2D eigenvalue weighted by Gasteiger charge is -2.14. The molecule has 1 aromatic heterocycles. The van der Waals surface area contributed by atoms with Gasteiger partial charge >= 0.3 is 5.97 Å². The summed E-state index contributed by atoms with van der Waals surface area (Å²) < 4.78 is 2.25. The molecule has 0 atom stereocenters. The fourth-order valence-corrected chi connectivity index (χ4v) is 3.97. The molecule has 1 aliphatic heterocycles. The van der Waals surface area contributed by atoms with Gasteiger partial charge in [0.1, 0.15) is 15.6 Å². The van der Waals surface area contributed by atoms with Gasteiger partial charge in [0.25, 0.3) is 5.91 Å². The van der Waals surface area contributed by atoms with Gasteiger partial charge in [0.2, 0.25) is 5.91 Å². The number of aromatic nitrogens is 1. The minimum atomic E-state index is -1.30. The van der Waals surface area contributed by atoms with Crippen molar-refractivity contribution in [2.45, 2.75) is 6.42 Å². The number of aromatic carboxylic acids is 1. The molecule has 2 amide bonds. The van der Waals surface area contributed by atoms with E-state index in [9.17, 15) is 19.5 Å². The lowest BCUT2D eigenvalue weighted by Crippen LogP contribution is -2.31. The van der Waals surface area contributed by atoms with E-state index in [2.05, 4.69) is 5.32 Å². The summed E-state index contributed by atoms with van der Waals surface area (Å²) in [5.41, 5.74) is 0.787. The number of hydrogen-bond donors (Lipinski definition) is 3. The summed E-state index contributed by atoms with van der Waals surface area (Å²) in [7, 11) is 1.87. The maximum absolute atomic E-state index is 12.6. The van der Waals surface area contributed by atoms with Crippen LogP contribution in [0, 0.1) is 0 Å². The monoisotopic (exact) mass is 431 g/mol. The number of benzene rings is 1. The molecule has 1 saturated heterocycles. The van der Waals surface area contributed by atoms with Crippen molar-refractivity contribution in [1.29, 1.82) is 0 Å². The van der Waals surface area contributed by atoms with Crippen LogP contribution in [0.2, 0.25) is 0 Å². The number of carboxylic acid groups (broad SMARTS) is 1. The van der Waals surface area contributed by atoms with Crippen LogP contribution < -0.4 is 5.32 Å². The van der Waals surface area contributed by atoms with Crippen LogP contribution in [0.4, 0.5) is 5.69 Å². The van der Waals surface area contributed by atoms with E-state index in [-0.39, 0.29) is 30.1 Å². The first-order chi connectivity index (χ1) is 13.8. The van der Waals surface area contributed by atoms with Crippen molar-refractivity contribution in [1.82, 2.24) is 9.47 Å². The molecule has 0 spiro atoms. The number of carbonyl (C=O) groups is 3. The molecule has 0 saturated carbocycles. The lowest BCUT2D eigenvalue weighted by atomic mass is 10.1. The van der Waals surface area contributed by atoms with Crippen LogP contribution in [0.25, 0.3) is 6.08 Å². The van der Waals surface area contributed by atoms with Crippen molar-refractivity contribution >= 4 is 57.8 Å². The Morgan fingerprint density at radius 3 is 2.72 bits per heavy atom. The Labute approximate surface area is 175 Å². The van der Waals surface area contributed by atoms with Crippen LogP contribution in [0.3, 0.4) is 0 Å². The third kappa shape index (κ3) is 4.66. The number of thioether (sulfide) groups is 1. The second kappa shape index (κ2) is 8.50. The van der Waals surface area contributed by atoms with E-state index in [1.165, 1.54) is 28.8 Å². The van der Waals surface area contributed by atoms with E-state index >= 15 is 0 Å². The first-order valence-electron chi connectivity index (χ1n) is 8.49. The Morgan fingerprint density at radius 1 is 1.31 bits per heavy atom. The van der Waals surface area contributed by atoms with Gasteiger partial charge in [-0.3, -0.25) is 14.5 Å². The van der Waals surface area contributed by atoms with Crippen molar-refractivity contribution in [2.75, 3.05) is 11.9 Å². The molecule has 3 rings (SSSR count). The van der Waals surface area contributed by atoms with Gasteiger partial charge in [0, 0.05) is 37.6 Å². The molecule has 1 fully saturated rings. The number of aryl methyl sites for hydroxylation is 1. The topological polar surface area (TPSA) is 112 Å². The van der Waals surface area contributed by atoms with Gasteiger partial charge in [0.05, 0.1) is 4.91 Å². The smallest absolute Gasteiger partial charge is 0.339 e. The van der Waals surface area contributed by atoms with Crippen LogP contribution in [-0.2, 0) is 16.6 Å². The maximum Gasteiger partial charge on any atom is 0.339 e. The third-order valence-electron chi connectivity index (χ3n) is 4.21. The highest BCUT2D eigenvalue weighted by Crippen LogP contribution is 2.32. The second-order valence-electron chi connectivity index (χ2n) is 6.21. The van der Waals surface area contributed by atoms with Gasteiger partial charge in [-0.1, -0.05) is 24.0 Å². The number of aromatic hydroxyl groups is 1. The number of phenols is 1. The number of rotatable bonds is 6. The number of anilines is 1. The highest BCUT2D eigenvalue weighted by molar-refractivity contribution is 8.26. The molecule has 0 bridgehead atoms. The zero-order valence-electron chi connectivity index (χ0n) is 15.3. The Hall–Kier alpha value is -3.11. The van der Waals surface area contributed by atoms with Crippen LogP contribution in [0.5, 0.6) is 5.75 Å². The average molecular weight is 431 g/mol. The zero-order chi connectivity index (χ0) is 21.1. The Kier molecular flexibility index (Phi) is 6.04. The van der Waals surface area contributed by atoms with E-state index in [4.69, 9.17) is 17.3 Å². The molecule has 3 N–H and O–H groups in total. The molecule has 8 nitrogen and oxygen atoms in total. The second-order valence-corrected chi connectivity index (χ2v) is 7.89. The molecule has 1 aromatic carbocycles. The summed E-state index contributed by atoms with van der Waals surface area (Å²) in [5, 5.41) is 21.1. The SMILES string of the molecule is Cn1cccc1C=C1SC(=S)N(CCC(=O)Nc2ccc(O)c(C(=O)O)c2)C1=O. The normalized spacial score (nSPS) is 15.2. The summed E-state index contributed by atoms with van der Waals surface area (Å²) in [4.78, 5) is 37.7. The average Bonchev–Trinajstić information content (AvgIpc) is 3.18. The molecular weight excluding hydrogens is 414 g/mol. The quantitative estimate of drug-likeness (QED) is 0.366. The van der Waals surface area contributed by atoms with Crippen molar-refractivity contribution in [3.63, 3.8) is 0 Å². The molecular formula is C19H17N3O5S2. The molecule has 0 radical (unpaired) electrons. The van der Waals surface area contributed by atoms with E-state index in [0.717, 1.165) is 11.8 Å². The highest BCUT2D eigenvalue weighted by Gasteiger charge is 2.32. The minimum absolute atomic E-state index is 0.0207. The van der Waals surface area contributed by atoms with Gasteiger partial charge in [-0.2, -0.15) is 0 Å². The van der Waals surface area contributed by atoms with E-state index in [1.807, 2.05) is 29.9 Å². The summed E-state index contributed by atoms with van der Waals surface area (Å²) >= 11 is 6.44. The summed E-state index contributed by atoms with van der Waals surface area (Å²) in [6, 6.07) is 7.49. The maximum atomic E-state index is 12.6. The molecule has 2 heterocycles. The largest absolute Gasteiger partial charge is 0.507 e.